The van der Waals surface area contributed by atoms with Crippen LogP contribution in [0.1, 0.15) is 33.6 Å². The molecule has 0 aromatic heterocycles. The summed E-state index contributed by atoms with van der Waals surface area (Å²) < 4.78 is 0. The molecule has 0 fully saturated rings. The lowest BCUT2D eigenvalue weighted by Crippen LogP contribution is -2.44. The molecular weight excluding hydrogens is 180 g/mol. The first-order valence-corrected chi connectivity index (χ1v) is 5.28. The van der Waals surface area contributed by atoms with Gasteiger partial charge in [0.1, 0.15) is 0 Å². The van der Waals surface area contributed by atoms with Crippen molar-refractivity contribution in [2.45, 2.75) is 39.7 Å². The van der Waals surface area contributed by atoms with Crippen molar-refractivity contribution >= 4 is 6.03 Å². The molecule has 0 unspecified atom stereocenters. The fourth-order valence-corrected chi connectivity index (χ4v) is 1.12. The first-order chi connectivity index (χ1) is 6.61. The van der Waals surface area contributed by atoms with E-state index in [-0.39, 0.29) is 18.7 Å². The van der Waals surface area contributed by atoms with Gasteiger partial charge in [0.25, 0.3) is 0 Å². The first-order valence-electron chi connectivity index (χ1n) is 5.28. The molecule has 0 aromatic carbocycles. The van der Waals surface area contributed by atoms with Crippen LogP contribution in [0.3, 0.4) is 0 Å². The zero-order valence-corrected chi connectivity index (χ0v) is 9.42. The Bertz CT molecular complexity index is 160. The molecule has 0 atom stereocenters. The highest BCUT2D eigenvalue weighted by molar-refractivity contribution is 5.74. The standard InChI is InChI=1S/C10H22N2O2/c1-4-5-6-12(7-8-13)10(14)11-9(2)3/h9,13H,4-8H2,1-3H3,(H,11,14). The normalized spacial score (nSPS) is 10.4. The zero-order chi connectivity index (χ0) is 11.0. The van der Waals surface area contributed by atoms with Gasteiger partial charge < -0.3 is 15.3 Å². The number of nitrogens with zero attached hydrogens (tertiary/aromatic N) is 1. The van der Waals surface area contributed by atoms with Crippen LogP contribution in [0, 0.1) is 0 Å². The van der Waals surface area contributed by atoms with Gasteiger partial charge in [-0.1, -0.05) is 13.3 Å². The second-order valence-corrected chi connectivity index (χ2v) is 3.67. The van der Waals surface area contributed by atoms with Gasteiger partial charge >= 0.3 is 6.03 Å². The number of aliphatic hydroxyl groups is 1. The van der Waals surface area contributed by atoms with Crippen LogP contribution in [0.15, 0.2) is 0 Å². The molecule has 0 bridgehead atoms. The average Bonchev–Trinajstić information content (AvgIpc) is 2.10. The predicted molar refractivity (Wildman–Crippen MR) is 57.2 cm³/mol. The molecule has 4 nitrogen and oxygen atoms in total. The minimum absolute atomic E-state index is 0.0230. The molecule has 0 aliphatic carbocycles. The van der Waals surface area contributed by atoms with Gasteiger partial charge in [0.15, 0.2) is 0 Å². The highest BCUT2D eigenvalue weighted by Crippen LogP contribution is 1.96. The minimum Gasteiger partial charge on any atom is -0.395 e. The van der Waals surface area contributed by atoms with Crippen LogP contribution < -0.4 is 5.32 Å². The van der Waals surface area contributed by atoms with Crippen molar-refractivity contribution in [3.05, 3.63) is 0 Å². The lowest BCUT2D eigenvalue weighted by molar-refractivity contribution is 0.174. The average molecular weight is 202 g/mol. The lowest BCUT2D eigenvalue weighted by Gasteiger charge is -2.23. The van der Waals surface area contributed by atoms with Crippen LogP contribution in [0.4, 0.5) is 4.79 Å². The van der Waals surface area contributed by atoms with Gasteiger partial charge in [-0.15, -0.1) is 0 Å². The summed E-state index contributed by atoms with van der Waals surface area (Å²) in [5.74, 6) is 0. The molecule has 0 aliphatic rings. The van der Waals surface area contributed by atoms with Crippen molar-refractivity contribution in [3.63, 3.8) is 0 Å². The molecule has 0 radical (unpaired) electrons. The predicted octanol–water partition coefficient (Wildman–Crippen LogP) is 1.20. The number of urea groups is 1. The Labute approximate surface area is 86.3 Å². The third kappa shape index (κ3) is 5.80. The third-order valence-corrected chi connectivity index (χ3v) is 1.85. The summed E-state index contributed by atoms with van der Waals surface area (Å²) in [6, 6.07) is 0.0628. The van der Waals surface area contributed by atoms with Crippen LogP contribution in [-0.2, 0) is 0 Å². The number of amides is 2. The molecule has 0 aromatic rings. The highest BCUT2D eigenvalue weighted by atomic mass is 16.3. The van der Waals surface area contributed by atoms with E-state index in [1.54, 1.807) is 4.90 Å². The van der Waals surface area contributed by atoms with E-state index < -0.39 is 0 Å². The van der Waals surface area contributed by atoms with Crippen LogP contribution in [0.2, 0.25) is 0 Å². The lowest BCUT2D eigenvalue weighted by atomic mass is 10.3. The number of hydrogen-bond acceptors (Lipinski definition) is 2. The van der Waals surface area contributed by atoms with Crippen LogP contribution in [0.5, 0.6) is 0 Å². The molecule has 0 aliphatic heterocycles. The number of unbranched alkanes of at least 4 members (excludes halogenated alkanes) is 1. The van der Waals surface area contributed by atoms with Crippen LogP contribution >= 0.6 is 0 Å². The summed E-state index contributed by atoms with van der Waals surface area (Å²) in [7, 11) is 0. The van der Waals surface area contributed by atoms with Gasteiger partial charge in [0, 0.05) is 19.1 Å². The Morgan fingerprint density at radius 3 is 2.50 bits per heavy atom. The first kappa shape index (κ1) is 13.2. The summed E-state index contributed by atoms with van der Waals surface area (Å²) in [6.07, 6.45) is 2.03. The van der Waals surface area contributed by atoms with Crippen molar-refractivity contribution < 1.29 is 9.90 Å². The molecule has 2 N–H and O–H groups in total. The maximum atomic E-state index is 11.6. The fraction of sp³-hybridized carbons (Fsp3) is 0.900. The maximum Gasteiger partial charge on any atom is 0.317 e. The van der Waals surface area contributed by atoms with Crippen molar-refractivity contribution in [1.29, 1.82) is 0 Å². The van der Waals surface area contributed by atoms with Crippen molar-refractivity contribution in [1.82, 2.24) is 10.2 Å². The molecular formula is C10H22N2O2. The molecule has 0 saturated carbocycles. The molecule has 0 saturated heterocycles. The summed E-state index contributed by atoms with van der Waals surface area (Å²) in [5.41, 5.74) is 0. The summed E-state index contributed by atoms with van der Waals surface area (Å²) in [4.78, 5) is 13.2. The van der Waals surface area contributed by atoms with Crippen molar-refractivity contribution in [3.8, 4) is 0 Å². The molecule has 2 amide bonds. The summed E-state index contributed by atoms with van der Waals surface area (Å²) >= 11 is 0. The third-order valence-electron chi connectivity index (χ3n) is 1.85. The Morgan fingerprint density at radius 1 is 1.43 bits per heavy atom. The Hall–Kier alpha value is -0.770. The van der Waals surface area contributed by atoms with Gasteiger partial charge in [-0.3, -0.25) is 0 Å². The monoisotopic (exact) mass is 202 g/mol. The number of hydrogen-bond donors (Lipinski definition) is 2. The van der Waals surface area contributed by atoms with E-state index in [9.17, 15) is 4.79 Å². The Morgan fingerprint density at radius 2 is 2.07 bits per heavy atom. The molecule has 0 rings (SSSR count). The number of carbonyl (C=O) groups excluding carboxylic acids is 1. The van der Waals surface area contributed by atoms with Crippen LogP contribution in [-0.4, -0.2) is 41.8 Å². The molecule has 14 heavy (non-hydrogen) atoms. The summed E-state index contributed by atoms with van der Waals surface area (Å²) in [5, 5.41) is 11.6. The van der Waals surface area contributed by atoms with E-state index in [0.717, 1.165) is 19.4 Å². The van der Waals surface area contributed by atoms with E-state index >= 15 is 0 Å². The van der Waals surface area contributed by atoms with E-state index in [1.807, 2.05) is 13.8 Å². The highest BCUT2D eigenvalue weighted by Gasteiger charge is 2.12. The second-order valence-electron chi connectivity index (χ2n) is 3.67. The maximum absolute atomic E-state index is 11.6. The van der Waals surface area contributed by atoms with E-state index in [0.29, 0.717) is 6.54 Å². The van der Waals surface area contributed by atoms with E-state index in [1.165, 1.54) is 0 Å². The number of aliphatic hydroxyl groups excluding tert-OH is 1. The topological polar surface area (TPSA) is 52.6 Å². The SMILES string of the molecule is CCCCN(CCO)C(=O)NC(C)C. The smallest absolute Gasteiger partial charge is 0.317 e. The van der Waals surface area contributed by atoms with Gasteiger partial charge in [0.2, 0.25) is 0 Å². The largest absolute Gasteiger partial charge is 0.395 e. The van der Waals surface area contributed by atoms with E-state index in [2.05, 4.69) is 12.2 Å². The molecule has 0 spiro atoms. The Kier molecular flexibility index (Phi) is 7.20. The number of nitrogens with one attached hydrogen (secondary N) is 1. The minimum atomic E-state index is -0.0810. The van der Waals surface area contributed by atoms with Gasteiger partial charge in [-0.05, 0) is 20.3 Å². The summed E-state index contributed by atoms with van der Waals surface area (Å²) in [6.45, 7) is 7.09. The van der Waals surface area contributed by atoms with Gasteiger partial charge in [-0.2, -0.15) is 0 Å². The van der Waals surface area contributed by atoms with Gasteiger partial charge in [-0.25, -0.2) is 4.79 Å². The van der Waals surface area contributed by atoms with Gasteiger partial charge in [0.05, 0.1) is 6.61 Å². The van der Waals surface area contributed by atoms with Crippen molar-refractivity contribution in [2.24, 2.45) is 0 Å². The second kappa shape index (κ2) is 7.62. The fourth-order valence-electron chi connectivity index (χ4n) is 1.12. The molecule has 84 valence electrons. The number of carbonyl (C=O) groups is 1. The number of rotatable bonds is 6. The zero-order valence-electron chi connectivity index (χ0n) is 9.42. The van der Waals surface area contributed by atoms with Crippen molar-refractivity contribution in [2.75, 3.05) is 19.7 Å². The molecule has 0 heterocycles. The molecule has 4 heteroatoms. The Balaban J connectivity index is 3.97. The van der Waals surface area contributed by atoms with Crippen LogP contribution in [0.25, 0.3) is 0 Å². The quantitative estimate of drug-likeness (QED) is 0.680. The van der Waals surface area contributed by atoms with E-state index in [4.69, 9.17) is 5.11 Å².